The molecule has 0 spiro atoms. The van der Waals surface area contributed by atoms with Crippen LogP contribution in [0.4, 0.5) is 0 Å². The molecule has 0 radical (unpaired) electrons. The first-order valence-corrected chi connectivity index (χ1v) is 5.09. The molecule has 2 nitrogen and oxygen atoms in total. The van der Waals surface area contributed by atoms with E-state index in [4.69, 9.17) is 0 Å². The van der Waals surface area contributed by atoms with E-state index >= 15 is 0 Å². The monoisotopic (exact) mass is 189 g/mol. The topological polar surface area (TPSA) is 29.1 Å². The molecule has 1 aromatic rings. The molecular formula is C12H15NO. The van der Waals surface area contributed by atoms with Gasteiger partial charge in [0.15, 0.2) is 0 Å². The first kappa shape index (κ1) is 9.25. The van der Waals surface area contributed by atoms with E-state index in [1.807, 2.05) is 6.07 Å². The minimum atomic E-state index is 0.176. The fourth-order valence-corrected chi connectivity index (χ4v) is 2.13. The average molecular weight is 189 g/mol. The van der Waals surface area contributed by atoms with Crippen molar-refractivity contribution in [1.29, 1.82) is 0 Å². The van der Waals surface area contributed by atoms with E-state index in [2.05, 4.69) is 23.5 Å². The van der Waals surface area contributed by atoms with Crippen molar-refractivity contribution < 1.29 is 4.79 Å². The smallest absolute Gasteiger partial charge is 0.223 e. The highest BCUT2D eigenvalue weighted by molar-refractivity contribution is 5.79. The van der Waals surface area contributed by atoms with Gasteiger partial charge in [-0.1, -0.05) is 24.3 Å². The molecule has 1 aliphatic carbocycles. The van der Waals surface area contributed by atoms with Crippen LogP contribution in [-0.2, 0) is 17.6 Å². The lowest BCUT2D eigenvalue weighted by Crippen LogP contribution is -2.31. The summed E-state index contributed by atoms with van der Waals surface area (Å²) >= 11 is 0. The lowest BCUT2D eigenvalue weighted by atomic mass is 9.83. The number of rotatable bonds is 1. The molecule has 2 rings (SSSR count). The minimum Gasteiger partial charge on any atom is -0.359 e. The number of carbonyl (C=O) groups excluding carboxylic acids is 1. The van der Waals surface area contributed by atoms with Crippen molar-refractivity contribution in [2.24, 2.45) is 5.92 Å². The molecule has 0 saturated carbocycles. The third kappa shape index (κ3) is 1.65. The first-order valence-electron chi connectivity index (χ1n) is 5.09. The summed E-state index contributed by atoms with van der Waals surface area (Å²) in [5.74, 6) is 0.356. The van der Waals surface area contributed by atoms with Gasteiger partial charge in [0, 0.05) is 13.0 Å². The van der Waals surface area contributed by atoms with Gasteiger partial charge in [0.05, 0.1) is 0 Å². The van der Waals surface area contributed by atoms with Crippen LogP contribution >= 0.6 is 0 Å². The number of hydrogen-bond acceptors (Lipinski definition) is 1. The standard InChI is InChI=1S/C12H15NO/c1-13-12(14)11-7-6-9-4-2-3-5-10(9)8-11/h2-5,11H,6-8H2,1H3,(H,13,14)/t11-/m0/s1. The van der Waals surface area contributed by atoms with Gasteiger partial charge in [0.2, 0.25) is 5.91 Å². The summed E-state index contributed by atoms with van der Waals surface area (Å²) in [4.78, 5) is 11.5. The van der Waals surface area contributed by atoms with Gasteiger partial charge in [-0.15, -0.1) is 0 Å². The summed E-state index contributed by atoms with van der Waals surface area (Å²) in [5, 5.41) is 2.73. The number of aryl methyl sites for hydroxylation is 1. The molecule has 1 aromatic carbocycles. The Morgan fingerprint density at radius 1 is 1.36 bits per heavy atom. The van der Waals surface area contributed by atoms with Crippen molar-refractivity contribution in [3.05, 3.63) is 35.4 Å². The lowest BCUT2D eigenvalue weighted by Gasteiger charge is -2.22. The summed E-state index contributed by atoms with van der Waals surface area (Å²) < 4.78 is 0. The van der Waals surface area contributed by atoms with Crippen LogP contribution in [0.3, 0.4) is 0 Å². The van der Waals surface area contributed by atoms with Gasteiger partial charge in [0.1, 0.15) is 0 Å². The summed E-state index contributed by atoms with van der Waals surface area (Å²) in [5.41, 5.74) is 2.75. The normalized spacial score (nSPS) is 19.9. The van der Waals surface area contributed by atoms with E-state index < -0.39 is 0 Å². The molecule has 1 amide bonds. The predicted octanol–water partition coefficient (Wildman–Crippen LogP) is 1.54. The van der Waals surface area contributed by atoms with Crippen LogP contribution in [-0.4, -0.2) is 13.0 Å². The van der Waals surface area contributed by atoms with E-state index in [1.165, 1.54) is 11.1 Å². The fourth-order valence-electron chi connectivity index (χ4n) is 2.13. The number of amides is 1. The number of fused-ring (bicyclic) bond motifs is 1. The Morgan fingerprint density at radius 2 is 2.07 bits per heavy atom. The fraction of sp³-hybridized carbons (Fsp3) is 0.417. The van der Waals surface area contributed by atoms with E-state index in [0.29, 0.717) is 0 Å². The van der Waals surface area contributed by atoms with E-state index in [9.17, 15) is 4.79 Å². The van der Waals surface area contributed by atoms with Gasteiger partial charge < -0.3 is 5.32 Å². The Hall–Kier alpha value is -1.31. The molecule has 0 aliphatic heterocycles. The number of nitrogens with one attached hydrogen (secondary N) is 1. The second-order valence-corrected chi connectivity index (χ2v) is 3.82. The number of carbonyl (C=O) groups is 1. The lowest BCUT2D eigenvalue weighted by molar-refractivity contribution is -0.124. The van der Waals surface area contributed by atoms with Gasteiger partial charge in [-0.25, -0.2) is 0 Å². The summed E-state index contributed by atoms with van der Waals surface area (Å²) in [6, 6.07) is 8.41. The summed E-state index contributed by atoms with van der Waals surface area (Å²) in [6.45, 7) is 0. The van der Waals surface area contributed by atoms with Crippen molar-refractivity contribution in [3.8, 4) is 0 Å². The third-order valence-corrected chi connectivity index (χ3v) is 2.96. The molecule has 0 bridgehead atoms. The maximum atomic E-state index is 11.5. The van der Waals surface area contributed by atoms with Gasteiger partial charge in [-0.2, -0.15) is 0 Å². The van der Waals surface area contributed by atoms with Crippen molar-refractivity contribution in [2.45, 2.75) is 19.3 Å². The van der Waals surface area contributed by atoms with Crippen LogP contribution < -0.4 is 5.32 Å². The van der Waals surface area contributed by atoms with Crippen molar-refractivity contribution in [2.75, 3.05) is 7.05 Å². The van der Waals surface area contributed by atoms with Crippen molar-refractivity contribution in [3.63, 3.8) is 0 Å². The highest BCUT2D eigenvalue weighted by Crippen LogP contribution is 2.25. The van der Waals surface area contributed by atoms with Gasteiger partial charge in [-0.3, -0.25) is 4.79 Å². The first-order chi connectivity index (χ1) is 6.81. The maximum absolute atomic E-state index is 11.5. The molecule has 0 aromatic heterocycles. The van der Waals surface area contributed by atoms with Crippen LogP contribution in [0, 0.1) is 5.92 Å². The SMILES string of the molecule is CNC(=O)[C@H]1CCc2ccccc2C1. The van der Waals surface area contributed by atoms with Gasteiger partial charge in [-0.05, 0) is 30.4 Å². The Morgan fingerprint density at radius 3 is 2.79 bits per heavy atom. The van der Waals surface area contributed by atoms with Crippen LogP contribution in [0.2, 0.25) is 0 Å². The van der Waals surface area contributed by atoms with Crippen LogP contribution in [0.25, 0.3) is 0 Å². The number of benzene rings is 1. The molecule has 0 fully saturated rings. The van der Waals surface area contributed by atoms with E-state index in [0.717, 1.165) is 19.3 Å². The van der Waals surface area contributed by atoms with Crippen molar-refractivity contribution >= 4 is 5.91 Å². The van der Waals surface area contributed by atoms with Crippen LogP contribution in [0.1, 0.15) is 17.5 Å². The summed E-state index contributed by atoms with van der Waals surface area (Å²) in [6.07, 6.45) is 2.92. The molecular weight excluding hydrogens is 174 g/mol. The zero-order chi connectivity index (χ0) is 9.97. The number of hydrogen-bond donors (Lipinski definition) is 1. The molecule has 1 N–H and O–H groups in total. The van der Waals surface area contributed by atoms with Crippen molar-refractivity contribution in [1.82, 2.24) is 5.32 Å². The second kappa shape index (κ2) is 3.82. The highest BCUT2D eigenvalue weighted by Gasteiger charge is 2.23. The molecule has 1 atom stereocenters. The molecule has 2 heteroatoms. The third-order valence-electron chi connectivity index (χ3n) is 2.96. The molecule has 74 valence electrons. The van der Waals surface area contributed by atoms with E-state index in [1.54, 1.807) is 7.05 Å². The Balaban J connectivity index is 2.17. The predicted molar refractivity (Wildman–Crippen MR) is 56.0 cm³/mol. The van der Waals surface area contributed by atoms with Crippen LogP contribution in [0.15, 0.2) is 24.3 Å². The zero-order valence-electron chi connectivity index (χ0n) is 8.42. The molecule has 1 aliphatic rings. The maximum Gasteiger partial charge on any atom is 0.223 e. The quantitative estimate of drug-likeness (QED) is 0.713. The summed E-state index contributed by atoms with van der Waals surface area (Å²) in [7, 11) is 1.71. The Kier molecular flexibility index (Phi) is 2.53. The zero-order valence-corrected chi connectivity index (χ0v) is 8.42. The highest BCUT2D eigenvalue weighted by atomic mass is 16.1. The Labute approximate surface area is 84.3 Å². The Bertz CT molecular complexity index is 346. The largest absolute Gasteiger partial charge is 0.359 e. The second-order valence-electron chi connectivity index (χ2n) is 3.82. The van der Waals surface area contributed by atoms with Crippen LogP contribution in [0.5, 0.6) is 0 Å². The molecule has 0 unspecified atom stereocenters. The molecule has 14 heavy (non-hydrogen) atoms. The van der Waals surface area contributed by atoms with Gasteiger partial charge >= 0.3 is 0 Å². The van der Waals surface area contributed by atoms with Gasteiger partial charge in [0.25, 0.3) is 0 Å². The molecule has 0 heterocycles. The van der Waals surface area contributed by atoms with E-state index in [-0.39, 0.29) is 11.8 Å². The minimum absolute atomic E-state index is 0.176. The average Bonchev–Trinajstić information content (AvgIpc) is 2.27. The molecule has 0 saturated heterocycles.